The quantitative estimate of drug-likeness (QED) is 0.859. The van der Waals surface area contributed by atoms with Crippen molar-refractivity contribution in [2.75, 3.05) is 26.6 Å². The van der Waals surface area contributed by atoms with Crippen LogP contribution in [-0.2, 0) is 13.0 Å². The van der Waals surface area contributed by atoms with E-state index in [-0.39, 0.29) is 12.8 Å². The van der Waals surface area contributed by atoms with Gasteiger partial charge in [0.15, 0.2) is 23.0 Å². The molecule has 7 nitrogen and oxygen atoms in total. The van der Waals surface area contributed by atoms with Gasteiger partial charge < -0.3 is 29.6 Å². The molecule has 2 aromatic rings. The van der Waals surface area contributed by atoms with E-state index < -0.39 is 0 Å². The molecule has 26 heavy (non-hydrogen) atoms. The number of nitrogens with one attached hydrogen (secondary N) is 2. The van der Waals surface area contributed by atoms with Crippen LogP contribution in [0, 0.1) is 0 Å². The van der Waals surface area contributed by atoms with Crippen molar-refractivity contribution in [2.24, 2.45) is 0 Å². The van der Waals surface area contributed by atoms with Crippen LogP contribution in [0.2, 0.25) is 0 Å². The Morgan fingerprint density at radius 1 is 0.808 bits per heavy atom. The molecule has 0 fully saturated rings. The summed E-state index contributed by atoms with van der Waals surface area (Å²) < 4.78 is 21.7. The maximum Gasteiger partial charge on any atom is 0.315 e. The number of urea groups is 1. The first-order chi connectivity index (χ1) is 12.8. The molecule has 0 bridgehead atoms. The van der Waals surface area contributed by atoms with Crippen molar-refractivity contribution in [3.63, 3.8) is 0 Å². The molecule has 0 unspecified atom stereocenters. The number of fused-ring (bicyclic) bond motifs is 2. The van der Waals surface area contributed by atoms with Crippen molar-refractivity contribution < 1.29 is 23.7 Å². The lowest BCUT2D eigenvalue weighted by Crippen LogP contribution is -2.36. The zero-order valence-corrected chi connectivity index (χ0v) is 14.2. The highest BCUT2D eigenvalue weighted by molar-refractivity contribution is 5.73. The molecule has 7 heteroatoms. The van der Waals surface area contributed by atoms with Gasteiger partial charge in [0.05, 0.1) is 0 Å². The second kappa shape index (κ2) is 7.43. The second-order valence-electron chi connectivity index (χ2n) is 6.03. The Kier molecular flexibility index (Phi) is 4.68. The van der Waals surface area contributed by atoms with E-state index in [1.807, 2.05) is 36.4 Å². The van der Waals surface area contributed by atoms with Gasteiger partial charge in [-0.2, -0.15) is 0 Å². The Hall–Kier alpha value is -3.09. The standard InChI is InChI=1S/C19H20N2O5/c22-19(21-11-14-2-4-16-18(10-14)26-12-25-16)20-6-5-13-1-3-15-17(9-13)24-8-7-23-15/h1-4,9-10H,5-8,11-12H2,(H2,20,21,22). The van der Waals surface area contributed by atoms with E-state index in [9.17, 15) is 4.79 Å². The first-order valence-corrected chi connectivity index (χ1v) is 8.57. The second-order valence-corrected chi connectivity index (χ2v) is 6.03. The Bertz CT molecular complexity index is 809. The summed E-state index contributed by atoms with van der Waals surface area (Å²) in [4.78, 5) is 12.0. The van der Waals surface area contributed by atoms with E-state index >= 15 is 0 Å². The highest BCUT2D eigenvalue weighted by Crippen LogP contribution is 2.32. The van der Waals surface area contributed by atoms with E-state index in [1.165, 1.54) is 0 Å². The number of rotatable bonds is 5. The van der Waals surface area contributed by atoms with E-state index in [1.54, 1.807) is 0 Å². The molecule has 2 aliphatic rings. The molecule has 2 aromatic carbocycles. The smallest absolute Gasteiger partial charge is 0.315 e. The summed E-state index contributed by atoms with van der Waals surface area (Å²) in [7, 11) is 0. The van der Waals surface area contributed by atoms with Crippen molar-refractivity contribution in [3.8, 4) is 23.0 Å². The first kappa shape index (κ1) is 16.4. The largest absolute Gasteiger partial charge is 0.486 e. The number of hydrogen-bond donors (Lipinski definition) is 2. The SMILES string of the molecule is O=C(NCCc1ccc2c(c1)OCCO2)NCc1ccc2c(c1)OCO2. The molecule has 0 saturated heterocycles. The predicted octanol–water partition coefficient (Wildman–Crippen LogP) is 2.23. The van der Waals surface area contributed by atoms with Gasteiger partial charge >= 0.3 is 6.03 Å². The molecule has 0 radical (unpaired) electrons. The average Bonchev–Trinajstić information content (AvgIpc) is 3.14. The normalized spacial score (nSPS) is 14.0. The number of hydrogen-bond acceptors (Lipinski definition) is 5. The van der Waals surface area contributed by atoms with Gasteiger partial charge in [-0.15, -0.1) is 0 Å². The Morgan fingerprint density at radius 2 is 1.46 bits per heavy atom. The molecule has 0 aliphatic carbocycles. The molecular weight excluding hydrogens is 336 g/mol. The Morgan fingerprint density at radius 3 is 2.35 bits per heavy atom. The molecule has 0 atom stereocenters. The average molecular weight is 356 g/mol. The maximum absolute atomic E-state index is 12.0. The number of carbonyl (C=O) groups excluding carboxylic acids is 1. The van der Waals surface area contributed by atoms with Crippen molar-refractivity contribution >= 4 is 6.03 Å². The number of carbonyl (C=O) groups is 1. The van der Waals surface area contributed by atoms with Gasteiger partial charge in [-0.05, 0) is 41.8 Å². The van der Waals surface area contributed by atoms with Crippen LogP contribution < -0.4 is 29.6 Å². The van der Waals surface area contributed by atoms with E-state index in [4.69, 9.17) is 18.9 Å². The van der Waals surface area contributed by atoms with Crippen LogP contribution in [0.5, 0.6) is 23.0 Å². The fraction of sp³-hybridized carbons (Fsp3) is 0.316. The van der Waals surface area contributed by atoms with Gasteiger partial charge in [0, 0.05) is 13.1 Å². The molecule has 0 spiro atoms. The predicted molar refractivity (Wildman–Crippen MR) is 93.9 cm³/mol. The summed E-state index contributed by atoms with van der Waals surface area (Å²) in [5.74, 6) is 2.98. The van der Waals surface area contributed by atoms with E-state index in [2.05, 4.69) is 10.6 Å². The van der Waals surface area contributed by atoms with Crippen molar-refractivity contribution in [1.29, 1.82) is 0 Å². The molecule has 0 aromatic heterocycles. The van der Waals surface area contributed by atoms with Gasteiger partial charge in [-0.25, -0.2) is 4.79 Å². The van der Waals surface area contributed by atoms with Crippen LogP contribution in [0.1, 0.15) is 11.1 Å². The fourth-order valence-electron chi connectivity index (χ4n) is 2.86. The molecule has 4 rings (SSSR count). The van der Waals surface area contributed by atoms with Crippen LogP contribution in [0.3, 0.4) is 0 Å². The third-order valence-electron chi connectivity index (χ3n) is 4.20. The van der Waals surface area contributed by atoms with E-state index in [0.29, 0.717) is 38.5 Å². The van der Waals surface area contributed by atoms with Crippen LogP contribution in [0.25, 0.3) is 0 Å². The van der Waals surface area contributed by atoms with Crippen molar-refractivity contribution in [3.05, 3.63) is 47.5 Å². The lowest BCUT2D eigenvalue weighted by Gasteiger charge is -2.18. The van der Waals surface area contributed by atoms with Crippen LogP contribution in [-0.4, -0.2) is 32.6 Å². The summed E-state index contributed by atoms with van der Waals surface area (Å²) in [5.41, 5.74) is 2.04. The summed E-state index contributed by atoms with van der Waals surface area (Å²) in [6.45, 7) is 2.35. The molecular formula is C19H20N2O5. The summed E-state index contributed by atoms with van der Waals surface area (Å²) in [5, 5.41) is 5.69. The molecule has 0 saturated carbocycles. The monoisotopic (exact) mass is 356 g/mol. The Labute approximate surface area is 151 Å². The topological polar surface area (TPSA) is 78.1 Å². The summed E-state index contributed by atoms with van der Waals surface area (Å²) in [6.07, 6.45) is 0.716. The van der Waals surface area contributed by atoms with Crippen LogP contribution >= 0.6 is 0 Å². The lowest BCUT2D eigenvalue weighted by molar-refractivity contribution is 0.171. The minimum absolute atomic E-state index is 0.208. The zero-order valence-electron chi connectivity index (χ0n) is 14.2. The highest BCUT2D eigenvalue weighted by Gasteiger charge is 2.14. The summed E-state index contributed by atoms with van der Waals surface area (Å²) >= 11 is 0. The Balaban J connectivity index is 1.22. The maximum atomic E-state index is 12.0. The van der Waals surface area contributed by atoms with Crippen molar-refractivity contribution in [2.45, 2.75) is 13.0 Å². The fourth-order valence-corrected chi connectivity index (χ4v) is 2.86. The highest BCUT2D eigenvalue weighted by atomic mass is 16.7. The third kappa shape index (κ3) is 3.77. The molecule has 136 valence electrons. The van der Waals surface area contributed by atoms with Crippen LogP contribution in [0.15, 0.2) is 36.4 Å². The molecule has 2 amide bonds. The third-order valence-corrected chi connectivity index (χ3v) is 4.20. The number of amides is 2. The van der Waals surface area contributed by atoms with Gasteiger partial charge in [-0.1, -0.05) is 12.1 Å². The molecule has 2 heterocycles. The van der Waals surface area contributed by atoms with E-state index in [0.717, 1.165) is 28.4 Å². The van der Waals surface area contributed by atoms with Gasteiger partial charge in [-0.3, -0.25) is 0 Å². The van der Waals surface area contributed by atoms with Gasteiger partial charge in [0.2, 0.25) is 6.79 Å². The number of ether oxygens (including phenoxy) is 4. The molecule has 2 N–H and O–H groups in total. The van der Waals surface area contributed by atoms with Gasteiger partial charge in [0.25, 0.3) is 0 Å². The first-order valence-electron chi connectivity index (χ1n) is 8.57. The minimum atomic E-state index is -0.208. The van der Waals surface area contributed by atoms with Crippen molar-refractivity contribution in [1.82, 2.24) is 10.6 Å². The lowest BCUT2D eigenvalue weighted by atomic mass is 10.1. The van der Waals surface area contributed by atoms with Gasteiger partial charge in [0.1, 0.15) is 13.2 Å². The minimum Gasteiger partial charge on any atom is -0.486 e. The zero-order chi connectivity index (χ0) is 17.8. The number of benzene rings is 2. The molecule has 2 aliphatic heterocycles. The van der Waals surface area contributed by atoms with Crippen LogP contribution in [0.4, 0.5) is 4.79 Å². The summed E-state index contributed by atoms with van der Waals surface area (Å²) in [6, 6.07) is 11.3.